The van der Waals surface area contributed by atoms with Gasteiger partial charge in [0.05, 0.1) is 16.6 Å². The fourth-order valence-corrected chi connectivity index (χ4v) is 3.15. The van der Waals surface area contributed by atoms with E-state index < -0.39 is 34.3 Å². The average Bonchev–Trinajstić information content (AvgIpc) is 3.12. The number of nitrogens with one attached hydrogen (secondary N) is 1. The van der Waals surface area contributed by atoms with Crippen molar-refractivity contribution in [2.45, 2.75) is 31.2 Å². The fraction of sp³-hybridized carbons (Fsp3) is 0.222. The zero-order chi connectivity index (χ0) is 20.4. The maximum Gasteiger partial charge on any atom is 0.237 e. The third-order valence-electron chi connectivity index (χ3n) is 4.12. The summed E-state index contributed by atoms with van der Waals surface area (Å²) in [6.07, 6.45) is 0. The fourth-order valence-electron chi connectivity index (χ4n) is 2.34. The van der Waals surface area contributed by atoms with E-state index in [0.717, 1.165) is 40.7 Å². The van der Waals surface area contributed by atoms with E-state index in [4.69, 9.17) is 0 Å². The molecule has 1 amide bonds. The Bertz CT molecular complexity index is 1040. The van der Waals surface area contributed by atoms with Crippen LogP contribution >= 0.6 is 11.8 Å². The predicted molar refractivity (Wildman–Crippen MR) is 98.9 cm³/mol. The Balaban J connectivity index is 1.76. The van der Waals surface area contributed by atoms with Gasteiger partial charge in [0, 0.05) is 0 Å². The van der Waals surface area contributed by atoms with Crippen molar-refractivity contribution in [1.29, 1.82) is 0 Å². The van der Waals surface area contributed by atoms with Crippen LogP contribution in [0.5, 0.6) is 0 Å². The molecule has 2 aromatic carbocycles. The molecule has 0 saturated heterocycles. The van der Waals surface area contributed by atoms with Crippen LogP contribution in [0.4, 0.5) is 18.9 Å². The summed E-state index contributed by atoms with van der Waals surface area (Å²) < 4.78 is 41.6. The smallest absolute Gasteiger partial charge is 0.237 e. The van der Waals surface area contributed by atoms with Crippen LogP contribution in [0.25, 0.3) is 5.69 Å². The average molecular weight is 407 g/mol. The first-order valence-electron chi connectivity index (χ1n) is 8.25. The van der Waals surface area contributed by atoms with E-state index in [2.05, 4.69) is 20.8 Å². The van der Waals surface area contributed by atoms with Gasteiger partial charge >= 0.3 is 0 Å². The number of aryl methyl sites for hydroxylation is 2. The number of amides is 1. The molecule has 3 rings (SSSR count). The van der Waals surface area contributed by atoms with Gasteiger partial charge in [0.15, 0.2) is 17.5 Å². The number of tetrazole rings is 1. The standard InChI is InChI=1S/C18H16F3N5OS/c1-9-4-5-12(8-10(9)2)26-18(23-24-25-26)28-11(3)17(27)22-14-7-6-13(19)15(20)16(14)21/h4-8,11H,1-3H3,(H,22,27)/t11-/m1/s1. The van der Waals surface area contributed by atoms with Crippen LogP contribution in [0.1, 0.15) is 18.1 Å². The lowest BCUT2D eigenvalue weighted by atomic mass is 10.1. The number of halogens is 3. The van der Waals surface area contributed by atoms with Gasteiger partial charge in [-0.05, 0) is 66.6 Å². The quantitative estimate of drug-likeness (QED) is 0.514. The summed E-state index contributed by atoms with van der Waals surface area (Å²) in [5, 5.41) is 13.4. The highest BCUT2D eigenvalue weighted by Gasteiger charge is 2.22. The molecular weight excluding hydrogens is 391 g/mol. The second-order valence-electron chi connectivity index (χ2n) is 6.11. The van der Waals surface area contributed by atoms with Gasteiger partial charge in [0.2, 0.25) is 11.1 Å². The van der Waals surface area contributed by atoms with Crippen LogP contribution in [-0.2, 0) is 4.79 Å². The molecule has 6 nitrogen and oxygen atoms in total. The predicted octanol–water partition coefficient (Wildman–Crippen LogP) is 3.82. The SMILES string of the molecule is Cc1ccc(-n2nnnc2S[C@H](C)C(=O)Nc2ccc(F)c(F)c2F)cc1C. The van der Waals surface area contributed by atoms with E-state index in [-0.39, 0.29) is 0 Å². The highest BCUT2D eigenvalue weighted by Crippen LogP contribution is 2.26. The van der Waals surface area contributed by atoms with E-state index in [0.29, 0.717) is 5.16 Å². The van der Waals surface area contributed by atoms with Gasteiger partial charge in [-0.2, -0.15) is 4.68 Å². The topological polar surface area (TPSA) is 72.7 Å². The summed E-state index contributed by atoms with van der Waals surface area (Å²) in [6, 6.07) is 7.40. The van der Waals surface area contributed by atoms with Crippen molar-refractivity contribution >= 4 is 23.4 Å². The third kappa shape index (κ3) is 4.01. The van der Waals surface area contributed by atoms with Gasteiger partial charge in [0.1, 0.15) is 0 Å². The van der Waals surface area contributed by atoms with E-state index in [1.165, 1.54) is 4.68 Å². The number of thioether (sulfide) groups is 1. The lowest BCUT2D eigenvalue weighted by Gasteiger charge is -2.13. The van der Waals surface area contributed by atoms with Crippen LogP contribution < -0.4 is 5.32 Å². The largest absolute Gasteiger partial charge is 0.323 e. The first-order chi connectivity index (χ1) is 13.3. The molecule has 1 heterocycles. The number of benzene rings is 2. The second kappa shape index (κ2) is 8.01. The van der Waals surface area contributed by atoms with Gasteiger partial charge in [-0.1, -0.05) is 17.8 Å². The molecule has 10 heteroatoms. The molecule has 0 bridgehead atoms. The monoisotopic (exact) mass is 407 g/mol. The molecular formula is C18H16F3N5OS. The molecule has 3 aromatic rings. The zero-order valence-corrected chi connectivity index (χ0v) is 16.0. The molecule has 0 radical (unpaired) electrons. The Morgan fingerprint density at radius 3 is 2.57 bits per heavy atom. The van der Waals surface area contributed by atoms with Gasteiger partial charge in [-0.15, -0.1) is 5.10 Å². The minimum Gasteiger partial charge on any atom is -0.323 e. The molecule has 0 aliphatic carbocycles. The maximum absolute atomic E-state index is 13.7. The molecule has 0 saturated carbocycles. The molecule has 0 aliphatic heterocycles. The van der Waals surface area contributed by atoms with Crippen molar-refractivity contribution in [3.63, 3.8) is 0 Å². The lowest BCUT2D eigenvalue weighted by molar-refractivity contribution is -0.115. The van der Waals surface area contributed by atoms with Crippen molar-refractivity contribution < 1.29 is 18.0 Å². The number of anilines is 1. The van der Waals surface area contributed by atoms with E-state index >= 15 is 0 Å². The minimum atomic E-state index is -1.64. The number of rotatable bonds is 5. The summed E-state index contributed by atoms with van der Waals surface area (Å²) in [5.41, 5.74) is 2.47. The maximum atomic E-state index is 13.7. The van der Waals surface area contributed by atoms with Crippen LogP contribution in [0.15, 0.2) is 35.5 Å². The Kier molecular flexibility index (Phi) is 5.68. The Hall–Kier alpha value is -2.88. The van der Waals surface area contributed by atoms with Gasteiger partial charge < -0.3 is 5.32 Å². The van der Waals surface area contributed by atoms with Crippen molar-refractivity contribution in [1.82, 2.24) is 20.2 Å². The van der Waals surface area contributed by atoms with Crippen LogP contribution in [-0.4, -0.2) is 31.4 Å². The van der Waals surface area contributed by atoms with Crippen molar-refractivity contribution in [2.75, 3.05) is 5.32 Å². The Morgan fingerprint density at radius 1 is 1.11 bits per heavy atom. The normalized spacial score (nSPS) is 12.1. The molecule has 1 aromatic heterocycles. The molecule has 28 heavy (non-hydrogen) atoms. The molecule has 1 atom stereocenters. The summed E-state index contributed by atoms with van der Waals surface area (Å²) in [5.74, 6) is -5.03. The highest BCUT2D eigenvalue weighted by molar-refractivity contribution is 8.00. The van der Waals surface area contributed by atoms with Crippen molar-refractivity contribution in [2.24, 2.45) is 0 Å². The molecule has 0 fully saturated rings. The van der Waals surface area contributed by atoms with E-state index in [1.54, 1.807) is 6.92 Å². The second-order valence-corrected chi connectivity index (χ2v) is 7.42. The van der Waals surface area contributed by atoms with Gasteiger partial charge in [0.25, 0.3) is 0 Å². The molecule has 0 spiro atoms. The highest BCUT2D eigenvalue weighted by atomic mass is 32.2. The summed E-state index contributed by atoms with van der Waals surface area (Å²) in [7, 11) is 0. The first-order valence-corrected chi connectivity index (χ1v) is 9.13. The number of nitrogens with zero attached hydrogens (tertiary/aromatic N) is 4. The molecule has 0 unspecified atom stereocenters. The molecule has 0 aliphatic rings. The number of carbonyl (C=O) groups is 1. The zero-order valence-electron chi connectivity index (χ0n) is 15.2. The lowest BCUT2D eigenvalue weighted by Crippen LogP contribution is -2.23. The molecule has 1 N–H and O–H groups in total. The summed E-state index contributed by atoms with van der Waals surface area (Å²) in [4.78, 5) is 12.3. The van der Waals surface area contributed by atoms with Crippen molar-refractivity contribution in [3.8, 4) is 5.69 Å². The summed E-state index contributed by atoms with van der Waals surface area (Å²) >= 11 is 1.05. The third-order valence-corrected chi connectivity index (χ3v) is 5.15. The van der Waals surface area contributed by atoms with E-state index in [9.17, 15) is 18.0 Å². The first kappa shape index (κ1) is 19.9. The molecule has 146 valence electrons. The van der Waals surface area contributed by atoms with Crippen LogP contribution in [0.2, 0.25) is 0 Å². The number of hydrogen-bond donors (Lipinski definition) is 1. The summed E-state index contributed by atoms with van der Waals surface area (Å²) in [6.45, 7) is 5.51. The van der Waals surface area contributed by atoms with Gasteiger partial charge in [-0.25, -0.2) is 13.2 Å². The number of carbonyl (C=O) groups excluding carboxylic acids is 1. The van der Waals surface area contributed by atoms with E-state index in [1.807, 2.05) is 32.0 Å². The van der Waals surface area contributed by atoms with Gasteiger partial charge in [-0.3, -0.25) is 4.79 Å². The minimum absolute atomic E-state index is 0.358. The number of hydrogen-bond acceptors (Lipinski definition) is 5. The Labute approximate surface area is 163 Å². The van der Waals surface area contributed by atoms with Crippen LogP contribution in [0.3, 0.4) is 0 Å². The van der Waals surface area contributed by atoms with Crippen LogP contribution in [0, 0.1) is 31.3 Å². The Morgan fingerprint density at radius 2 is 1.86 bits per heavy atom. The van der Waals surface area contributed by atoms with Crippen molar-refractivity contribution in [3.05, 3.63) is 58.9 Å². The number of aromatic nitrogens is 4.